The van der Waals surface area contributed by atoms with Gasteiger partial charge in [-0.2, -0.15) is 5.26 Å². The lowest BCUT2D eigenvalue weighted by Gasteiger charge is -2.35. The number of amides is 1. The number of hydrogen-bond donors (Lipinski definition) is 1. The first-order valence-corrected chi connectivity index (χ1v) is 11.0. The number of hydrogen-bond acceptors (Lipinski definition) is 6. The molecule has 2 aromatic heterocycles. The molecule has 4 rings (SSSR count). The Morgan fingerprint density at radius 2 is 1.97 bits per heavy atom. The van der Waals surface area contributed by atoms with Gasteiger partial charge in [0.25, 0.3) is 0 Å². The van der Waals surface area contributed by atoms with Gasteiger partial charge in [0.2, 0.25) is 5.91 Å². The normalized spacial score (nSPS) is 19.0. The molecule has 1 aliphatic rings. The minimum Gasteiger partial charge on any atom is -0.303 e. The molecule has 1 N–H and O–H groups in total. The monoisotopic (exact) mass is 429 g/mol. The summed E-state index contributed by atoms with van der Waals surface area (Å²) in [4.78, 5) is 24.3. The van der Waals surface area contributed by atoms with Crippen LogP contribution in [0.15, 0.2) is 48.9 Å². The highest BCUT2D eigenvalue weighted by atomic mass is 32.1. The maximum Gasteiger partial charge on any atom is 0.235 e. The van der Waals surface area contributed by atoms with E-state index in [9.17, 15) is 4.79 Å². The summed E-state index contributed by atoms with van der Waals surface area (Å²) in [7, 11) is 1.67. The number of likely N-dealkylation sites (tertiary alicyclic amines) is 1. The van der Waals surface area contributed by atoms with E-state index in [4.69, 9.17) is 10.7 Å². The van der Waals surface area contributed by atoms with Gasteiger partial charge in [0.1, 0.15) is 11.9 Å². The van der Waals surface area contributed by atoms with Crippen molar-refractivity contribution in [2.24, 2.45) is 0 Å². The zero-order valence-electron chi connectivity index (χ0n) is 17.7. The van der Waals surface area contributed by atoms with Crippen LogP contribution >= 0.6 is 11.3 Å². The molecule has 31 heavy (non-hydrogen) atoms. The molecular weight excluding hydrogens is 406 g/mol. The van der Waals surface area contributed by atoms with E-state index in [0.29, 0.717) is 23.7 Å². The number of nitrogens with one attached hydrogen (secondary N) is 1. The first kappa shape index (κ1) is 20.9. The number of carbonyl (C=O) groups excluding carboxylic acids is 1. The molecular formula is C24H23N5OS. The molecule has 156 valence electrons. The average Bonchev–Trinajstić information content (AvgIpc) is 3.27. The number of likely N-dealkylation sites (N-methyl/N-ethyl adjacent to an activating group) is 1. The molecule has 1 aromatic carbocycles. The average molecular weight is 430 g/mol. The molecule has 0 spiro atoms. The Balaban J connectivity index is 1.72. The van der Waals surface area contributed by atoms with Crippen LogP contribution in [0.1, 0.15) is 59.7 Å². The molecule has 1 saturated heterocycles. The maximum absolute atomic E-state index is 13.2. The van der Waals surface area contributed by atoms with Crippen molar-refractivity contribution >= 4 is 23.1 Å². The number of aromatic nitrogens is 2. The summed E-state index contributed by atoms with van der Waals surface area (Å²) in [5.74, 6) is 0.0512. The fourth-order valence-corrected chi connectivity index (χ4v) is 4.93. The minimum absolute atomic E-state index is 0.0801. The van der Waals surface area contributed by atoms with Crippen LogP contribution in [0.4, 0.5) is 0 Å². The predicted octanol–water partition coefficient (Wildman–Crippen LogP) is 4.91. The summed E-state index contributed by atoms with van der Waals surface area (Å²) in [6, 6.07) is 12.1. The van der Waals surface area contributed by atoms with E-state index >= 15 is 0 Å². The molecule has 3 heterocycles. The third-order valence-electron chi connectivity index (χ3n) is 5.77. The Morgan fingerprint density at radius 3 is 2.65 bits per heavy atom. The molecule has 0 unspecified atom stereocenters. The number of thiazole rings is 1. The highest BCUT2D eigenvalue weighted by molar-refractivity contribution is 7.15. The molecule has 6 nitrogen and oxygen atoms in total. The standard InChI is InChI=1S/C24H23N5OS/c1-14(2)16-4-6-17(7-5-16)22-19(9-21(26)29(3)24(22)30)23-28-13-20(31-23)18-8-15(10-25)11-27-12-18/h4-8,11-14,19,22,26H,9H2,1-3H3/t19-,22-/m0/s1. The van der Waals surface area contributed by atoms with Gasteiger partial charge in [0, 0.05) is 43.5 Å². The quantitative estimate of drug-likeness (QED) is 0.638. The topological polar surface area (TPSA) is 93.7 Å². The van der Waals surface area contributed by atoms with Gasteiger partial charge in [-0.3, -0.25) is 15.2 Å². The number of nitrogens with zero attached hydrogens (tertiary/aromatic N) is 4. The van der Waals surface area contributed by atoms with Gasteiger partial charge in [0.15, 0.2) is 0 Å². The highest BCUT2D eigenvalue weighted by Crippen LogP contribution is 2.43. The van der Waals surface area contributed by atoms with Crippen molar-refractivity contribution < 1.29 is 4.79 Å². The van der Waals surface area contributed by atoms with Crippen molar-refractivity contribution in [3.05, 3.63) is 70.6 Å². The predicted molar refractivity (Wildman–Crippen MR) is 121 cm³/mol. The Bertz CT molecular complexity index is 1180. The number of carbonyl (C=O) groups is 1. The lowest BCUT2D eigenvalue weighted by Crippen LogP contribution is -2.44. The molecule has 0 bridgehead atoms. The zero-order valence-corrected chi connectivity index (χ0v) is 18.5. The first-order valence-electron chi connectivity index (χ1n) is 10.1. The second-order valence-electron chi connectivity index (χ2n) is 8.09. The first-order chi connectivity index (χ1) is 14.9. The van der Waals surface area contributed by atoms with E-state index in [0.717, 1.165) is 21.0 Å². The maximum atomic E-state index is 13.2. The van der Waals surface area contributed by atoms with E-state index in [1.54, 1.807) is 25.5 Å². The van der Waals surface area contributed by atoms with Crippen LogP contribution < -0.4 is 0 Å². The van der Waals surface area contributed by atoms with Gasteiger partial charge in [-0.15, -0.1) is 11.3 Å². The van der Waals surface area contributed by atoms with E-state index < -0.39 is 0 Å². The van der Waals surface area contributed by atoms with Crippen LogP contribution in [-0.4, -0.2) is 33.7 Å². The van der Waals surface area contributed by atoms with Crippen LogP contribution in [-0.2, 0) is 4.79 Å². The fraction of sp³-hybridized carbons (Fsp3) is 0.292. The van der Waals surface area contributed by atoms with Gasteiger partial charge < -0.3 is 4.90 Å². The Morgan fingerprint density at radius 1 is 1.23 bits per heavy atom. The number of piperidine rings is 1. The van der Waals surface area contributed by atoms with Crippen molar-refractivity contribution in [1.82, 2.24) is 14.9 Å². The lowest BCUT2D eigenvalue weighted by atomic mass is 9.79. The summed E-state index contributed by atoms with van der Waals surface area (Å²) < 4.78 is 0. The summed E-state index contributed by atoms with van der Waals surface area (Å²) >= 11 is 1.50. The molecule has 1 fully saturated rings. The van der Waals surface area contributed by atoms with Crippen molar-refractivity contribution in [3.63, 3.8) is 0 Å². The Hall–Kier alpha value is -3.37. The van der Waals surface area contributed by atoms with Crippen LogP contribution in [0.2, 0.25) is 0 Å². The number of rotatable bonds is 4. The van der Waals surface area contributed by atoms with E-state index in [-0.39, 0.29) is 17.7 Å². The molecule has 3 aromatic rings. The molecule has 1 amide bonds. The number of pyridine rings is 1. The summed E-state index contributed by atoms with van der Waals surface area (Å²) in [5, 5.41) is 18.3. The van der Waals surface area contributed by atoms with Crippen molar-refractivity contribution in [1.29, 1.82) is 10.7 Å². The summed E-state index contributed by atoms with van der Waals surface area (Å²) in [6.45, 7) is 4.29. The molecule has 0 aliphatic carbocycles. The third-order valence-corrected chi connectivity index (χ3v) is 6.95. The smallest absolute Gasteiger partial charge is 0.235 e. The molecule has 0 radical (unpaired) electrons. The van der Waals surface area contributed by atoms with Gasteiger partial charge in [-0.05, 0) is 23.1 Å². The van der Waals surface area contributed by atoms with Crippen LogP contribution in [0.25, 0.3) is 10.4 Å². The lowest BCUT2D eigenvalue weighted by molar-refractivity contribution is -0.129. The summed E-state index contributed by atoms with van der Waals surface area (Å²) in [6.07, 6.45) is 5.45. The molecule has 2 atom stereocenters. The largest absolute Gasteiger partial charge is 0.303 e. The molecule has 1 aliphatic heterocycles. The van der Waals surface area contributed by atoms with Crippen LogP contribution in [0.3, 0.4) is 0 Å². The number of benzene rings is 1. The van der Waals surface area contributed by atoms with Gasteiger partial charge in [0.05, 0.1) is 21.4 Å². The third kappa shape index (κ3) is 3.99. The van der Waals surface area contributed by atoms with E-state index in [1.165, 1.54) is 28.0 Å². The van der Waals surface area contributed by atoms with Gasteiger partial charge >= 0.3 is 0 Å². The van der Waals surface area contributed by atoms with Gasteiger partial charge in [-0.1, -0.05) is 38.1 Å². The number of amidine groups is 1. The second-order valence-corrected chi connectivity index (χ2v) is 9.15. The Kier molecular flexibility index (Phi) is 5.66. The second kappa shape index (κ2) is 8.40. The highest BCUT2D eigenvalue weighted by Gasteiger charge is 2.41. The Labute approximate surface area is 185 Å². The van der Waals surface area contributed by atoms with Gasteiger partial charge in [-0.25, -0.2) is 4.98 Å². The zero-order chi connectivity index (χ0) is 22.1. The molecule has 0 saturated carbocycles. The molecule has 7 heteroatoms. The number of nitriles is 1. The fourth-order valence-electron chi connectivity index (χ4n) is 3.90. The van der Waals surface area contributed by atoms with Crippen molar-refractivity contribution in [3.8, 4) is 16.5 Å². The van der Waals surface area contributed by atoms with Crippen molar-refractivity contribution in [2.45, 2.75) is 38.0 Å². The minimum atomic E-state index is -0.386. The van der Waals surface area contributed by atoms with E-state index in [1.807, 2.05) is 12.1 Å². The van der Waals surface area contributed by atoms with Crippen molar-refractivity contribution in [2.75, 3.05) is 7.05 Å². The van der Waals surface area contributed by atoms with E-state index in [2.05, 4.69) is 42.0 Å². The van der Waals surface area contributed by atoms with Crippen LogP contribution in [0.5, 0.6) is 0 Å². The van der Waals surface area contributed by atoms with Crippen LogP contribution in [0, 0.1) is 16.7 Å². The SMILES string of the molecule is CC(C)c1ccc([C@@H]2C(=O)N(C)C(=N)C[C@@H]2c2ncc(-c3cncc(C#N)c3)s2)cc1. The summed E-state index contributed by atoms with van der Waals surface area (Å²) in [5.41, 5.74) is 3.50.